The van der Waals surface area contributed by atoms with Crippen molar-refractivity contribution < 1.29 is 8.42 Å². The lowest BCUT2D eigenvalue weighted by atomic mass is 10.2. The van der Waals surface area contributed by atoms with E-state index in [2.05, 4.69) is 0 Å². The molecule has 0 radical (unpaired) electrons. The molecule has 0 N–H and O–H groups in total. The van der Waals surface area contributed by atoms with Crippen molar-refractivity contribution in [3.8, 4) is 6.07 Å². The lowest BCUT2D eigenvalue weighted by Crippen LogP contribution is -2.11. The van der Waals surface area contributed by atoms with E-state index in [4.69, 9.17) is 16.9 Å². The summed E-state index contributed by atoms with van der Waals surface area (Å²) in [5.41, 5.74) is 0.798. The molecule has 0 aliphatic carbocycles. The molecule has 0 fully saturated rings. The summed E-state index contributed by atoms with van der Waals surface area (Å²) in [4.78, 5) is 0.122. The van der Waals surface area contributed by atoms with Crippen LogP contribution in [0.3, 0.4) is 0 Å². The lowest BCUT2D eigenvalue weighted by Gasteiger charge is -2.07. The summed E-state index contributed by atoms with van der Waals surface area (Å²) < 4.78 is 26.5. The van der Waals surface area contributed by atoms with E-state index in [0.29, 0.717) is 21.5 Å². The van der Waals surface area contributed by atoms with Gasteiger partial charge in [-0.2, -0.15) is 5.26 Å². The Morgan fingerprint density at radius 2 is 1.71 bits per heavy atom. The molecule has 1 heterocycles. The van der Waals surface area contributed by atoms with Crippen molar-refractivity contribution in [3.05, 3.63) is 65.3 Å². The number of benzene rings is 2. The Bertz CT molecular complexity index is 967. The first-order chi connectivity index (χ1) is 10.0. The second kappa shape index (κ2) is 4.92. The van der Waals surface area contributed by atoms with Crippen LogP contribution in [0.15, 0.2) is 59.6 Å². The Balaban J connectivity index is 2.30. The predicted octanol–water partition coefficient (Wildman–Crippen LogP) is 3.40. The fourth-order valence-corrected chi connectivity index (χ4v) is 3.65. The topological polar surface area (TPSA) is 62.9 Å². The van der Waals surface area contributed by atoms with Crippen LogP contribution < -0.4 is 0 Å². The number of hydrogen-bond donors (Lipinski definition) is 0. The number of nitrogens with zero attached hydrogens (tertiary/aromatic N) is 2. The maximum absolute atomic E-state index is 12.7. The summed E-state index contributed by atoms with van der Waals surface area (Å²) in [5.74, 6) is 0. The lowest BCUT2D eigenvalue weighted by molar-refractivity contribution is 0.589. The van der Waals surface area contributed by atoms with E-state index in [-0.39, 0.29) is 4.90 Å². The van der Waals surface area contributed by atoms with Gasteiger partial charge in [-0.25, -0.2) is 12.4 Å². The van der Waals surface area contributed by atoms with E-state index in [1.54, 1.807) is 24.3 Å². The van der Waals surface area contributed by atoms with E-state index in [0.717, 1.165) is 3.97 Å². The van der Waals surface area contributed by atoms with E-state index < -0.39 is 10.0 Å². The van der Waals surface area contributed by atoms with Crippen LogP contribution in [0.2, 0.25) is 5.02 Å². The summed E-state index contributed by atoms with van der Waals surface area (Å²) in [6, 6.07) is 14.8. The van der Waals surface area contributed by atoms with Crippen LogP contribution in [0.5, 0.6) is 0 Å². The molecule has 4 nitrogen and oxygen atoms in total. The van der Waals surface area contributed by atoms with Gasteiger partial charge < -0.3 is 0 Å². The van der Waals surface area contributed by atoms with Gasteiger partial charge in [0.15, 0.2) is 0 Å². The van der Waals surface area contributed by atoms with E-state index in [1.807, 2.05) is 6.07 Å². The second-order valence-electron chi connectivity index (χ2n) is 4.43. The normalized spacial score (nSPS) is 11.4. The third-order valence-electron chi connectivity index (χ3n) is 3.17. The molecule has 1 aromatic heterocycles. The van der Waals surface area contributed by atoms with Crippen LogP contribution in [0.4, 0.5) is 0 Å². The minimum absolute atomic E-state index is 0.122. The zero-order valence-electron chi connectivity index (χ0n) is 10.7. The highest BCUT2D eigenvalue weighted by Gasteiger charge is 2.20. The molecule has 6 heteroatoms. The average Bonchev–Trinajstić information content (AvgIpc) is 2.87. The molecule has 3 aromatic rings. The molecule has 3 rings (SSSR count). The van der Waals surface area contributed by atoms with Gasteiger partial charge >= 0.3 is 0 Å². The molecular formula is C15H9ClN2O2S. The maximum Gasteiger partial charge on any atom is 0.268 e. The fourth-order valence-electron chi connectivity index (χ4n) is 2.16. The number of aromatic nitrogens is 1. The highest BCUT2D eigenvalue weighted by Crippen LogP contribution is 2.26. The van der Waals surface area contributed by atoms with Gasteiger partial charge in [-0.05, 0) is 30.3 Å². The Labute approximate surface area is 126 Å². The van der Waals surface area contributed by atoms with Crippen LogP contribution in [-0.2, 0) is 10.0 Å². The Kier molecular flexibility index (Phi) is 3.20. The van der Waals surface area contributed by atoms with Crippen LogP contribution in [-0.4, -0.2) is 12.4 Å². The first kappa shape index (κ1) is 13.7. The second-order valence-corrected chi connectivity index (χ2v) is 6.68. The Morgan fingerprint density at radius 3 is 2.38 bits per heavy atom. The molecule has 21 heavy (non-hydrogen) atoms. The molecule has 2 aromatic carbocycles. The molecular weight excluding hydrogens is 308 g/mol. The first-order valence-corrected chi connectivity index (χ1v) is 7.87. The first-order valence-electron chi connectivity index (χ1n) is 6.05. The molecule has 0 saturated heterocycles. The van der Waals surface area contributed by atoms with Crippen LogP contribution in [0.1, 0.15) is 5.56 Å². The molecule has 0 bridgehead atoms. The zero-order chi connectivity index (χ0) is 15.0. The number of rotatable bonds is 2. The van der Waals surface area contributed by atoms with E-state index >= 15 is 0 Å². The molecule has 0 aliphatic heterocycles. The summed E-state index contributed by atoms with van der Waals surface area (Å²) in [5, 5.41) is 10.2. The van der Waals surface area contributed by atoms with Gasteiger partial charge in [0.05, 0.1) is 16.0 Å². The quantitative estimate of drug-likeness (QED) is 0.728. The van der Waals surface area contributed by atoms with Gasteiger partial charge in [0.1, 0.15) is 6.07 Å². The van der Waals surface area contributed by atoms with Gasteiger partial charge in [-0.1, -0.05) is 29.8 Å². The van der Waals surface area contributed by atoms with Gasteiger partial charge in [0.2, 0.25) is 0 Å². The molecule has 0 saturated carbocycles. The van der Waals surface area contributed by atoms with Crippen molar-refractivity contribution in [2.75, 3.05) is 0 Å². The molecule has 0 aliphatic rings. The highest BCUT2D eigenvalue weighted by atomic mass is 35.5. The minimum Gasteiger partial charge on any atom is -0.240 e. The van der Waals surface area contributed by atoms with Crippen molar-refractivity contribution >= 4 is 32.5 Å². The zero-order valence-corrected chi connectivity index (χ0v) is 12.3. The van der Waals surface area contributed by atoms with E-state index in [9.17, 15) is 8.42 Å². The number of nitriles is 1. The Hall–Kier alpha value is -2.29. The van der Waals surface area contributed by atoms with Crippen molar-refractivity contribution in [1.29, 1.82) is 5.26 Å². The number of fused-ring (bicyclic) bond motifs is 1. The third kappa shape index (κ3) is 2.19. The van der Waals surface area contributed by atoms with E-state index in [1.165, 1.54) is 30.5 Å². The van der Waals surface area contributed by atoms with Crippen molar-refractivity contribution in [1.82, 2.24) is 3.97 Å². The van der Waals surface area contributed by atoms with Crippen LogP contribution in [0.25, 0.3) is 10.9 Å². The number of halogens is 1. The summed E-state index contributed by atoms with van der Waals surface area (Å²) in [6.45, 7) is 0. The molecule has 0 unspecified atom stereocenters. The van der Waals surface area contributed by atoms with Gasteiger partial charge in [0, 0.05) is 16.6 Å². The average molecular weight is 317 g/mol. The molecule has 0 atom stereocenters. The van der Waals surface area contributed by atoms with Crippen LogP contribution >= 0.6 is 11.6 Å². The molecule has 0 spiro atoms. The maximum atomic E-state index is 12.7. The predicted molar refractivity (Wildman–Crippen MR) is 80.7 cm³/mol. The SMILES string of the molecule is N#Cc1cn(S(=O)(=O)c2ccc(Cl)cc2)c2ccccc12. The largest absolute Gasteiger partial charge is 0.268 e. The molecule has 0 amide bonds. The van der Waals surface area contributed by atoms with Crippen molar-refractivity contribution in [2.45, 2.75) is 4.90 Å². The van der Waals surface area contributed by atoms with Crippen molar-refractivity contribution in [3.63, 3.8) is 0 Å². The fraction of sp³-hybridized carbons (Fsp3) is 0. The summed E-state index contributed by atoms with van der Waals surface area (Å²) >= 11 is 5.78. The van der Waals surface area contributed by atoms with Gasteiger partial charge in [0.25, 0.3) is 10.0 Å². The monoisotopic (exact) mass is 316 g/mol. The van der Waals surface area contributed by atoms with Crippen molar-refractivity contribution in [2.24, 2.45) is 0 Å². The number of para-hydroxylation sites is 1. The Morgan fingerprint density at radius 1 is 1.05 bits per heavy atom. The minimum atomic E-state index is -3.76. The summed E-state index contributed by atoms with van der Waals surface area (Å²) in [7, 11) is -3.76. The smallest absolute Gasteiger partial charge is 0.240 e. The van der Waals surface area contributed by atoms with Gasteiger partial charge in [-0.15, -0.1) is 0 Å². The summed E-state index contributed by atoms with van der Waals surface area (Å²) in [6.07, 6.45) is 1.34. The highest BCUT2D eigenvalue weighted by molar-refractivity contribution is 7.90. The molecule has 104 valence electrons. The standard InChI is InChI=1S/C15H9ClN2O2S/c16-12-5-7-13(8-6-12)21(19,20)18-10-11(9-17)14-3-1-2-4-15(14)18/h1-8,10H. The van der Waals surface area contributed by atoms with Crippen LogP contribution in [0, 0.1) is 11.3 Å². The third-order valence-corrected chi connectivity index (χ3v) is 5.11. The number of hydrogen-bond acceptors (Lipinski definition) is 3. The van der Waals surface area contributed by atoms with Gasteiger partial charge in [-0.3, -0.25) is 0 Å².